The number of thioether (sulfide) groups is 1. The number of aromatic nitrogens is 3. The van der Waals surface area contributed by atoms with Gasteiger partial charge in [-0.05, 0) is 6.07 Å². The Balaban J connectivity index is 1.36. The first-order valence-corrected chi connectivity index (χ1v) is 9.08. The topological polar surface area (TPSA) is 54.4 Å². The Morgan fingerprint density at radius 1 is 1.25 bits per heavy atom. The SMILES string of the molecule is CN(C)c1cc(N2CC3(CC(Oc4ccccn4)CS3)C2)ncn1. The molecule has 24 heavy (non-hydrogen) atoms. The second kappa shape index (κ2) is 6.12. The maximum Gasteiger partial charge on any atom is 0.213 e. The minimum atomic E-state index is 0.245. The van der Waals surface area contributed by atoms with Crippen molar-refractivity contribution in [3.8, 4) is 5.88 Å². The zero-order chi connectivity index (χ0) is 16.6. The lowest BCUT2D eigenvalue weighted by Gasteiger charge is -2.48. The van der Waals surface area contributed by atoms with Gasteiger partial charge in [-0.2, -0.15) is 0 Å². The fraction of sp³-hybridized carbons (Fsp3) is 0.471. The molecule has 0 aliphatic carbocycles. The predicted octanol–water partition coefficient (Wildman–Crippen LogP) is 2.08. The third kappa shape index (κ3) is 3.00. The molecule has 6 nitrogen and oxygen atoms in total. The Kier molecular flexibility index (Phi) is 3.96. The molecule has 4 rings (SSSR count). The average Bonchev–Trinajstić information content (AvgIpc) is 2.99. The molecule has 2 saturated heterocycles. The Bertz CT molecular complexity index is 705. The van der Waals surface area contributed by atoms with Crippen molar-refractivity contribution >= 4 is 23.4 Å². The summed E-state index contributed by atoms with van der Waals surface area (Å²) in [7, 11) is 3.99. The molecule has 0 amide bonds. The predicted molar refractivity (Wildman–Crippen MR) is 97.0 cm³/mol. The zero-order valence-corrected chi connectivity index (χ0v) is 14.7. The van der Waals surface area contributed by atoms with Crippen LogP contribution < -0.4 is 14.5 Å². The number of pyridine rings is 1. The van der Waals surface area contributed by atoms with Crippen LogP contribution in [0.1, 0.15) is 6.42 Å². The minimum Gasteiger partial charge on any atom is -0.473 e. The van der Waals surface area contributed by atoms with Gasteiger partial charge in [0.15, 0.2) is 0 Å². The van der Waals surface area contributed by atoms with Gasteiger partial charge in [0.1, 0.15) is 24.1 Å². The highest BCUT2D eigenvalue weighted by atomic mass is 32.2. The van der Waals surface area contributed by atoms with Crippen molar-refractivity contribution in [2.24, 2.45) is 0 Å². The fourth-order valence-electron chi connectivity index (χ4n) is 3.25. The second-order valence-corrected chi connectivity index (χ2v) is 8.08. The molecule has 4 heterocycles. The van der Waals surface area contributed by atoms with Gasteiger partial charge in [-0.15, -0.1) is 11.8 Å². The van der Waals surface area contributed by atoms with E-state index in [1.807, 2.05) is 55.0 Å². The first-order chi connectivity index (χ1) is 11.6. The summed E-state index contributed by atoms with van der Waals surface area (Å²) in [4.78, 5) is 17.3. The Morgan fingerprint density at radius 2 is 2.12 bits per heavy atom. The molecule has 1 spiro atoms. The smallest absolute Gasteiger partial charge is 0.213 e. The monoisotopic (exact) mass is 343 g/mol. The molecule has 2 aromatic rings. The van der Waals surface area contributed by atoms with Gasteiger partial charge in [0.05, 0.1) is 4.75 Å². The van der Waals surface area contributed by atoms with Crippen LogP contribution in [-0.2, 0) is 0 Å². The summed E-state index contributed by atoms with van der Waals surface area (Å²) < 4.78 is 6.31. The summed E-state index contributed by atoms with van der Waals surface area (Å²) in [5.74, 6) is 3.70. The molecule has 7 heteroatoms. The largest absolute Gasteiger partial charge is 0.473 e. The van der Waals surface area contributed by atoms with Crippen molar-refractivity contribution in [1.82, 2.24) is 15.0 Å². The first kappa shape index (κ1) is 15.5. The summed E-state index contributed by atoms with van der Waals surface area (Å²) in [6, 6.07) is 7.84. The maximum atomic E-state index is 6.02. The van der Waals surface area contributed by atoms with Crippen molar-refractivity contribution in [1.29, 1.82) is 0 Å². The Morgan fingerprint density at radius 3 is 2.88 bits per heavy atom. The van der Waals surface area contributed by atoms with Crippen LogP contribution in [0.4, 0.5) is 11.6 Å². The lowest BCUT2D eigenvalue weighted by atomic mass is 9.93. The average molecular weight is 343 g/mol. The summed E-state index contributed by atoms with van der Waals surface area (Å²) in [6.07, 6.45) is 4.73. The highest BCUT2D eigenvalue weighted by molar-refractivity contribution is 8.01. The van der Waals surface area contributed by atoms with E-state index in [9.17, 15) is 0 Å². The molecule has 2 fully saturated rings. The quantitative estimate of drug-likeness (QED) is 0.842. The summed E-state index contributed by atoms with van der Waals surface area (Å²) in [5.41, 5.74) is 0. The van der Waals surface area contributed by atoms with Gasteiger partial charge in [-0.25, -0.2) is 15.0 Å². The minimum absolute atomic E-state index is 0.245. The van der Waals surface area contributed by atoms with Crippen LogP contribution in [0.15, 0.2) is 36.8 Å². The highest BCUT2D eigenvalue weighted by Crippen LogP contribution is 2.47. The maximum absolute atomic E-state index is 6.02. The number of rotatable bonds is 4. The molecule has 0 aromatic carbocycles. The summed E-state index contributed by atoms with van der Waals surface area (Å²) >= 11 is 2.02. The van der Waals surface area contributed by atoms with Crippen LogP contribution >= 0.6 is 11.8 Å². The van der Waals surface area contributed by atoms with Crippen LogP contribution in [-0.4, -0.2) is 58.7 Å². The molecule has 2 aliphatic heterocycles. The van der Waals surface area contributed by atoms with Crippen molar-refractivity contribution in [3.63, 3.8) is 0 Å². The van der Waals surface area contributed by atoms with Gasteiger partial charge in [0, 0.05) is 57.7 Å². The third-order valence-electron chi connectivity index (χ3n) is 4.48. The van der Waals surface area contributed by atoms with E-state index in [1.54, 1.807) is 12.5 Å². The van der Waals surface area contributed by atoms with Crippen molar-refractivity contribution in [3.05, 3.63) is 36.8 Å². The third-order valence-corrected chi connectivity index (χ3v) is 6.05. The number of ether oxygens (including phenoxy) is 1. The molecule has 0 N–H and O–H groups in total. The molecule has 1 unspecified atom stereocenters. The van der Waals surface area contributed by atoms with E-state index in [1.165, 1.54) is 0 Å². The van der Waals surface area contributed by atoms with E-state index in [0.29, 0.717) is 4.75 Å². The van der Waals surface area contributed by atoms with Gasteiger partial charge >= 0.3 is 0 Å². The van der Waals surface area contributed by atoms with Gasteiger partial charge < -0.3 is 14.5 Å². The van der Waals surface area contributed by atoms with Crippen molar-refractivity contribution in [2.75, 3.05) is 42.7 Å². The molecule has 2 aliphatic rings. The zero-order valence-electron chi connectivity index (χ0n) is 13.9. The van der Waals surface area contributed by atoms with Crippen molar-refractivity contribution < 1.29 is 4.74 Å². The number of anilines is 2. The highest BCUT2D eigenvalue weighted by Gasteiger charge is 2.50. The molecule has 2 aromatic heterocycles. The van der Waals surface area contributed by atoms with Crippen LogP contribution in [0, 0.1) is 0 Å². The van der Waals surface area contributed by atoms with E-state index in [4.69, 9.17) is 4.74 Å². The van der Waals surface area contributed by atoms with Crippen molar-refractivity contribution in [2.45, 2.75) is 17.3 Å². The molecule has 126 valence electrons. The molecular formula is C17H21N5OS. The molecule has 0 saturated carbocycles. The molecule has 1 atom stereocenters. The normalized spacial score (nSPS) is 21.6. The Labute approximate surface area is 146 Å². The molecule has 0 radical (unpaired) electrons. The van der Waals surface area contributed by atoms with Gasteiger partial charge in [0.25, 0.3) is 0 Å². The van der Waals surface area contributed by atoms with Crippen LogP contribution in [0.2, 0.25) is 0 Å². The number of hydrogen-bond donors (Lipinski definition) is 0. The van der Waals surface area contributed by atoms with Gasteiger partial charge in [0.2, 0.25) is 5.88 Å². The van der Waals surface area contributed by atoms with E-state index in [-0.39, 0.29) is 6.10 Å². The van der Waals surface area contributed by atoms with Crippen LogP contribution in [0.5, 0.6) is 5.88 Å². The second-order valence-electron chi connectivity index (χ2n) is 6.59. The lowest BCUT2D eigenvalue weighted by molar-refractivity contribution is 0.194. The summed E-state index contributed by atoms with van der Waals surface area (Å²) in [6.45, 7) is 2.03. The number of nitrogens with zero attached hydrogens (tertiary/aromatic N) is 5. The molecule has 0 bridgehead atoms. The van der Waals surface area contributed by atoms with E-state index in [0.717, 1.165) is 42.8 Å². The summed E-state index contributed by atoms with van der Waals surface area (Å²) in [5, 5.41) is 0. The van der Waals surface area contributed by atoms with E-state index >= 15 is 0 Å². The molecular weight excluding hydrogens is 322 g/mol. The van der Waals surface area contributed by atoms with Crippen LogP contribution in [0.3, 0.4) is 0 Å². The first-order valence-electron chi connectivity index (χ1n) is 8.10. The number of hydrogen-bond acceptors (Lipinski definition) is 7. The standard InChI is InChI=1S/C17H21N5OS/c1-21(2)14-7-15(20-12-19-14)22-10-17(11-22)8-13(9-24-17)23-16-5-3-4-6-18-16/h3-7,12-13H,8-11H2,1-2H3. The van der Waals surface area contributed by atoms with E-state index in [2.05, 4.69) is 19.9 Å². The van der Waals surface area contributed by atoms with Crippen LogP contribution in [0.25, 0.3) is 0 Å². The van der Waals surface area contributed by atoms with Gasteiger partial charge in [-0.3, -0.25) is 0 Å². The lowest BCUT2D eigenvalue weighted by Crippen LogP contribution is -2.59. The van der Waals surface area contributed by atoms with E-state index < -0.39 is 0 Å². The fourth-order valence-corrected chi connectivity index (χ4v) is 4.78. The van der Waals surface area contributed by atoms with Gasteiger partial charge in [-0.1, -0.05) is 6.07 Å². The Hall–Kier alpha value is -2.02.